The number of esters is 1. The quantitative estimate of drug-likeness (QED) is 0.430. The van der Waals surface area contributed by atoms with Crippen molar-refractivity contribution in [2.24, 2.45) is 11.0 Å². The molecule has 1 N–H and O–H groups in total. The van der Waals surface area contributed by atoms with Gasteiger partial charge in [-0.25, -0.2) is 10.2 Å². The second-order valence-corrected chi connectivity index (χ2v) is 6.68. The molecule has 1 aliphatic heterocycles. The summed E-state index contributed by atoms with van der Waals surface area (Å²) >= 11 is 0. The van der Waals surface area contributed by atoms with Crippen LogP contribution in [0.4, 0.5) is 5.69 Å². The molecule has 0 spiro atoms. The van der Waals surface area contributed by atoms with E-state index in [1.54, 1.807) is 53.4 Å². The molecule has 0 aromatic heterocycles. The van der Waals surface area contributed by atoms with E-state index in [1.807, 2.05) is 6.92 Å². The molecular formula is C22H23N3O5. The fourth-order valence-corrected chi connectivity index (χ4v) is 3.11. The summed E-state index contributed by atoms with van der Waals surface area (Å²) in [4.78, 5) is 37.8. The number of hydrogen-bond acceptors (Lipinski definition) is 6. The minimum Gasteiger partial charge on any atom is -0.494 e. The van der Waals surface area contributed by atoms with Crippen LogP contribution in [0.3, 0.4) is 0 Å². The van der Waals surface area contributed by atoms with Gasteiger partial charge in [0.05, 0.1) is 31.4 Å². The maximum atomic E-state index is 12.4. The second kappa shape index (κ2) is 9.69. The lowest BCUT2D eigenvalue weighted by molar-refractivity contribution is -0.126. The van der Waals surface area contributed by atoms with E-state index < -0.39 is 11.9 Å². The summed E-state index contributed by atoms with van der Waals surface area (Å²) in [7, 11) is 1.32. The first-order valence-electron chi connectivity index (χ1n) is 9.56. The van der Waals surface area contributed by atoms with Gasteiger partial charge in [-0.15, -0.1) is 0 Å². The van der Waals surface area contributed by atoms with Gasteiger partial charge in [-0.3, -0.25) is 9.59 Å². The molecule has 156 valence electrons. The smallest absolute Gasteiger partial charge is 0.337 e. The molecule has 0 radical (unpaired) electrons. The maximum absolute atomic E-state index is 12.4. The van der Waals surface area contributed by atoms with Crippen molar-refractivity contribution >= 4 is 29.7 Å². The average molecular weight is 409 g/mol. The van der Waals surface area contributed by atoms with Crippen molar-refractivity contribution in [3.8, 4) is 5.75 Å². The SMILES string of the molecule is CCOc1ccc(N2C[C@H](C(=O)N/N=C/c3ccc(C(=O)OC)cc3)CC2=O)cc1. The Bertz CT molecular complexity index is 938. The highest BCUT2D eigenvalue weighted by Crippen LogP contribution is 2.27. The zero-order valence-corrected chi connectivity index (χ0v) is 16.8. The number of anilines is 1. The summed E-state index contributed by atoms with van der Waals surface area (Å²) in [6.07, 6.45) is 1.60. The Hall–Kier alpha value is -3.68. The van der Waals surface area contributed by atoms with Crippen LogP contribution in [0.2, 0.25) is 0 Å². The van der Waals surface area contributed by atoms with Crippen LogP contribution in [0, 0.1) is 5.92 Å². The van der Waals surface area contributed by atoms with Crippen LogP contribution in [-0.2, 0) is 14.3 Å². The lowest BCUT2D eigenvalue weighted by Crippen LogP contribution is -2.30. The highest BCUT2D eigenvalue weighted by Gasteiger charge is 2.35. The summed E-state index contributed by atoms with van der Waals surface area (Å²) in [6, 6.07) is 13.8. The predicted molar refractivity (Wildman–Crippen MR) is 112 cm³/mol. The molecule has 1 fully saturated rings. The molecule has 2 amide bonds. The molecule has 0 saturated carbocycles. The average Bonchev–Trinajstić information content (AvgIpc) is 3.16. The first-order valence-corrected chi connectivity index (χ1v) is 9.56. The van der Waals surface area contributed by atoms with E-state index in [-0.39, 0.29) is 18.2 Å². The summed E-state index contributed by atoms with van der Waals surface area (Å²) in [5.74, 6) is -0.602. The van der Waals surface area contributed by atoms with Crippen molar-refractivity contribution in [1.29, 1.82) is 0 Å². The molecular weight excluding hydrogens is 386 g/mol. The third-order valence-corrected chi connectivity index (χ3v) is 4.68. The van der Waals surface area contributed by atoms with E-state index in [1.165, 1.54) is 13.3 Å². The Balaban J connectivity index is 1.55. The summed E-state index contributed by atoms with van der Waals surface area (Å²) < 4.78 is 10.1. The van der Waals surface area contributed by atoms with Crippen LogP contribution in [0.25, 0.3) is 0 Å². The molecule has 2 aromatic rings. The van der Waals surface area contributed by atoms with Gasteiger partial charge in [-0.05, 0) is 48.9 Å². The van der Waals surface area contributed by atoms with E-state index >= 15 is 0 Å². The largest absolute Gasteiger partial charge is 0.494 e. The molecule has 2 aromatic carbocycles. The first-order chi connectivity index (χ1) is 14.5. The van der Waals surface area contributed by atoms with Crippen LogP contribution < -0.4 is 15.1 Å². The predicted octanol–water partition coefficient (Wildman–Crippen LogP) is 2.38. The van der Waals surface area contributed by atoms with Crippen LogP contribution in [0.1, 0.15) is 29.3 Å². The van der Waals surface area contributed by atoms with Gasteiger partial charge in [-0.2, -0.15) is 5.10 Å². The Morgan fingerprint density at radius 2 is 1.87 bits per heavy atom. The standard InChI is InChI=1S/C22H23N3O5/c1-3-30-19-10-8-18(9-11-19)25-14-17(12-20(25)26)21(27)24-23-13-15-4-6-16(7-5-15)22(28)29-2/h4-11,13,17H,3,12,14H2,1-2H3,(H,24,27)/b23-13+/t17-/m1/s1. The van der Waals surface area contributed by atoms with Crippen LogP contribution in [0.15, 0.2) is 53.6 Å². The van der Waals surface area contributed by atoms with Crippen LogP contribution in [-0.4, -0.2) is 44.3 Å². The monoisotopic (exact) mass is 409 g/mol. The molecule has 30 heavy (non-hydrogen) atoms. The Morgan fingerprint density at radius 3 is 2.50 bits per heavy atom. The Morgan fingerprint density at radius 1 is 1.17 bits per heavy atom. The minimum absolute atomic E-state index is 0.110. The number of carbonyl (C=O) groups is 3. The number of carbonyl (C=O) groups excluding carboxylic acids is 3. The molecule has 0 aliphatic carbocycles. The van der Waals surface area contributed by atoms with Crippen molar-refractivity contribution in [3.05, 3.63) is 59.7 Å². The van der Waals surface area contributed by atoms with Crippen molar-refractivity contribution in [1.82, 2.24) is 5.43 Å². The first kappa shape index (κ1) is 21.0. The summed E-state index contributed by atoms with van der Waals surface area (Å²) in [6.45, 7) is 2.77. The van der Waals surface area contributed by atoms with E-state index in [9.17, 15) is 14.4 Å². The van der Waals surface area contributed by atoms with Crippen molar-refractivity contribution in [2.45, 2.75) is 13.3 Å². The number of nitrogens with one attached hydrogen (secondary N) is 1. The lowest BCUT2D eigenvalue weighted by atomic mass is 10.1. The molecule has 8 heteroatoms. The van der Waals surface area contributed by atoms with E-state index in [2.05, 4.69) is 15.3 Å². The third kappa shape index (κ3) is 5.02. The molecule has 3 rings (SSSR count). The van der Waals surface area contributed by atoms with Gasteiger partial charge in [0.15, 0.2) is 0 Å². The van der Waals surface area contributed by atoms with Crippen LogP contribution in [0.5, 0.6) is 5.75 Å². The molecule has 8 nitrogen and oxygen atoms in total. The van der Waals surface area contributed by atoms with Crippen molar-refractivity contribution in [3.63, 3.8) is 0 Å². The van der Waals surface area contributed by atoms with Gasteiger partial charge in [0.2, 0.25) is 11.8 Å². The number of benzene rings is 2. The molecule has 1 atom stereocenters. The number of ether oxygens (including phenoxy) is 2. The van der Waals surface area contributed by atoms with Crippen LogP contribution >= 0.6 is 0 Å². The number of rotatable bonds is 7. The number of methoxy groups -OCH3 is 1. The number of amides is 2. The fourth-order valence-electron chi connectivity index (χ4n) is 3.11. The maximum Gasteiger partial charge on any atom is 0.337 e. The summed E-state index contributed by atoms with van der Waals surface area (Å²) in [5, 5.41) is 3.95. The van der Waals surface area contributed by atoms with Gasteiger partial charge >= 0.3 is 5.97 Å². The second-order valence-electron chi connectivity index (χ2n) is 6.68. The molecule has 0 bridgehead atoms. The van der Waals surface area contributed by atoms with Gasteiger partial charge in [0, 0.05) is 18.7 Å². The normalized spacial score (nSPS) is 16.0. The van der Waals surface area contributed by atoms with Crippen molar-refractivity contribution in [2.75, 3.05) is 25.2 Å². The third-order valence-electron chi connectivity index (χ3n) is 4.68. The fraction of sp³-hybridized carbons (Fsp3) is 0.273. The zero-order chi connectivity index (χ0) is 21.5. The van der Waals surface area contributed by atoms with Gasteiger partial charge < -0.3 is 14.4 Å². The van der Waals surface area contributed by atoms with E-state index in [0.29, 0.717) is 24.3 Å². The highest BCUT2D eigenvalue weighted by atomic mass is 16.5. The van der Waals surface area contributed by atoms with E-state index in [4.69, 9.17) is 4.74 Å². The van der Waals surface area contributed by atoms with E-state index in [0.717, 1.165) is 11.4 Å². The summed E-state index contributed by atoms with van der Waals surface area (Å²) in [5.41, 5.74) is 4.35. The molecule has 1 aliphatic rings. The topological polar surface area (TPSA) is 97.3 Å². The number of hydrazone groups is 1. The molecule has 1 heterocycles. The Labute approximate surface area is 174 Å². The van der Waals surface area contributed by atoms with Gasteiger partial charge in [0.25, 0.3) is 0 Å². The van der Waals surface area contributed by atoms with Crippen molar-refractivity contribution < 1.29 is 23.9 Å². The highest BCUT2D eigenvalue weighted by molar-refractivity contribution is 6.00. The molecule has 0 unspecified atom stereocenters. The van der Waals surface area contributed by atoms with Gasteiger partial charge in [0.1, 0.15) is 5.75 Å². The Kier molecular flexibility index (Phi) is 6.79. The van der Waals surface area contributed by atoms with Gasteiger partial charge in [-0.1, -0.05) is 12.1 Å². The number of hydrogen-bond donors (Lipinski definition) is 1. The minimum atomic E-state index is -0.483. The zero-order valence-electron chi connectivity index (χ0n) is 16.8. The molecule has 1 saturated heterocycles. The number of nitrogens with zero attached hydrogens (tertiary/aromatic N) is 2. The lowest BCUT2D eigenvalue weighted by Gasteiger charge is -2.17.